The van der Waals surface area contributed by atoms with Crippen LogP contribution >= 0.6 is 11.8 Å². The van der Waals surface area contributed by atoms with Crippen LogP contribution in [0.15, 0.2) is 29.2 Å². The minimum atomic E-state index is -0.255. The Hall–Kier alpha value is -1.53. The number of thioether (sulfide) groups is 1. The van der Waals surface area contributed by atoms with Crippen LogP contribution in [-0.4, -0.2) is 44.2 Å². The van der Waals surface area contributed by atoms with Crippen LogP contribution in [0.1, 0.15) is 13.3 Å². The molecule has 22 heavy (non-hydrogen) atoms. The summed E-state index contributed by atoms with van der Waals surface area (Å²) in [7, 11) is 0. The molecular weight excluding hydrogens is 298 g/mol. The van der Waals surface area contributed by atoms with Crippen molar-refractivity contribution in [3.05, 3.63) is 24.3 Å². The van der Waals surface area contributed by atoms with Crippen LogP contribution in [0, 0.1) is 5.92 Å². The lowest BCUT2D eigenvalue weighted by Gasteiger charge is -2.17. The highest BCUT2D eigenvalue weighted by Gasteiger charge is 2.34. The Morgan fingerprint density at radius 2 is 2.05 bits per heavy atom. The van der Waals surface area contributed by atoms with Crippen molar-refractivity contribution < 1.29 is 9.59 Å². The maximum Gasteiger partial charge on any atom is 0.227 e. The lowest BCUT2D eigenvalue weighted by Crippen LogP contribution is -2.37. The van der Waals surface area contributed by atoms with Crippen molar-refractivity contribution in [3.8, 4) is 0 Å². The van der Waals surface area contributed by atoms with Crippen LogP contribution in [-0.2, 0) is 9.59 Å². The summed E-state index contributed by atoms with van der Waals surface area (Å²) in [5.41, 5.74) is 0.866. The molecule has 1 atom stereocenters. The minimum absolute atomic E-state index is 0.0173. The lowest BCUT2D eigenvalue weighted by atomic mass is 10.1. The van der Waals surface area contributed by atoms with Crippen molar-refractivity contribution in [2.75, 3.05) is 37.3 Å². The number of rotatable bonds is 7. The predicted octanol–water partition coefficient (Wildman–Crippen LogP) is 1.49. The number of carbonyl (C=O) groups excluding carboxylic acids is 2. The Balaban J connectivity index is 1.90. The molecule has 0 aromatic heterocycles. The molecule has 1 heterocycles. The zero-order chi connectivity index (χ0) is 15.9. The van der Waals surface area contributed by atoms with Crippen LogP contribution in [0.5, 0.6) is 0 Å². The number of nitrogens with zero attached hydrogens (tertiary/aromatic N) is 1. The molecule has 1 aromatic rings. The van der Waals surface area contributed by atoms with Crippen LogP contribution in [0.25, 0.3) is 0 Å². The fourth-order valence-electron chi connectivity index (χ4n) is 2.49. The van der Waals surface area contributed by atoms with E-state index < -0.39 is 0 Å². The Labute approximate surface area is 135 Å². The molecule has 1 fully saturated rings. The van der Waals surface area contributed by atoms with Gasteiger partial charge in [-0.05, 0) is 37.1 Å². The van der Waals surface area contributed by atoms with E-state index in [-0.39, 0.29) is 24.2 Å². The molecule has 0 saturated carbocycles. The molecule has 0 spiro atoms. The van der Waals surface area contributed by atoms with Gasteiger partial charge in [0.25, 0.3) is 0 Å². The van der Waals surface area contributed by atoms with Gasteiger partial charge in [0.1, 0.15) is 0 Å². The number of nitrogens with one attached hydrogen (secondary N) is 2. The lowest BCUT2D eigenvalue weighted by molar-refractivity contribution is -0.126. The Kier molecular flexibility index (Phi) is 6.27. The summed E-state index contributed by atoms with van der Waals surface area (Å²) < 4.78 is 0. The first-order valence-corrected chi connectivity index (χ1v) is 8.81. The van der Waals surface area contributed by atoms with Gasteiger partial charge in [-0.25, -0.2) is 0 Å². The highest BCUT2D eigenvalue weighted by Crippen LogP contribution is 2.27. The van der Waals surface area contributed by atoms with Crippen molar-refractivity contribution in [3.63, 3.8) is 0 Å². The molecule has 2 N–H and O–H groups in total. The number of hydrogen-bond donors (Lipinski definition) is 2. The summed E-state index contributed by atoms with van der Waals surface area (Å²) in [5.74, 6) is -0.271. The van der Waals surface area contributed by atoms with Gasteiger partial charge in [-0.2, -0.15) is 0 Å². The summed E-state index contributed by atoms with van der Waals surface area (Å²) in [5, 5.41) is 6.04. The van der Waals surface area contributed by atoms with E-state index in [1.54, 1.807) is 16.7 Å². The summed E-state index contributed by atoms with van der Waals surface area (Å²) in [6.07, 6.45) is 2.31. The van der Waals surface area contributed by atoms with Crippen molar-refractivity contribution in [1.29, 1.82) is 0 Å². The summed E-state index contributed by atoms with van der Waals surface area (Å²) in [6.45, 7) is 4.72. The molecule has 5 nitrogen and oxygen atoms in total. The number of likely N-dealkylation sites (N-methyl/N-ethyl adjacent to an activating group) is 1. The van der Waals surface area contributed by atoms with Gasteiger partial charge in [0.15, 0.2) is 0 Å². The van der Waals surface area contributed by atoms with Gasteiger partial charge < -0.3 is 15.5 Å². The molecule has 2 rings (SSSR count). The number of benzene rings is 1. The smallest absolute Gasteiger partial charge is 0.227 e. The Morgan fingerprint density at radius 3 is 2.68 bits per heavy atom. The van der Waals surface area contributed by atoms with Gasteiger partial charge >= 0.3 is 0 Å². The largest absolute Gasteiger partial charge is 0.355 e. The van der Waals surface area contributed by atoms with Crippen LogP contribution in [0.2, 0.25) is 0 Å². The molecule has 2 amide bonds. The van der Waals surface area contributed by atoms with Crippen LogP contribution in [0.4, 0.5) is 5.69 Å². The summed E-state index contributed by atoms with van der Waals surface area (Å²) >= 11 is 1.67. The molecule has 1 aromatic carbocycles. The summed E-state index contributed by atoms with van der Waals surface area (Å²) in [6, 6.07) is 7.87. The van der Waals surface area contributed by atoms with E-state index in [1.807, 2.05) is 37.4 Å². The van der Waals surface area contributed by atoms with Crippen molar-refractivity contribution in [1.82, 2.24) is 10.6 Å². The van der Waals surface area contributed by atoms with Gasteiger partial charge in [0, 0.05) is 36.6 Å². The Morgan fingerprint density at radius 1 is 1.32 bits per heavy atom. The van der Waals surface area contributed by atoms with Crippen LogP contribution < -0.4 is 15.5 Å². The first-order valence-electron chi connectivity index (χ1n) is 7.58. The molecule has 1 aliphatic heterocycles. The topological polar surface area (TPSA) is 61.4 Å². The monoisotopic (exact) mass is 321 g/mol. The van der Waals surface area contributed by atoms with Gasteiger partial charge in [0.05, 0.1) is 5.92 Å². The van der Waals surface area contributed by atoms with E-state index in [2.05, 4.69) is 10.6 Å². The molecule has 1 saturated heterocycles. The number of anilines is 1. The Bertz CT molecular complexity index is 519. The standard InChI is InChI=1S/C16H23N3O2S/c1-3-17-8-9-18-16(21)12-10-15(20)19(11-12)13-4-6-14(22-2)7-5-13/h4-7,12,17H,3,8-11H2,1-2H3,(H,18,21). The summed E-state index contributed by atoms with van der Waals surface area (Å²) in [4.78, 5) is 27.1. The second-order valence-corrected chi connectivity index (χ2v) is 6.13. The molecule has 6 heteroatoms. The van der Waals surface area contributed by atoms with E-state index in [9.17, 15) is 9.59 Å². The molecule has 120 valence electrons. The van der Waals surface area contributed by atoms with E-state index in [1.165, 1.54) is 0 Å². The van der Waals surface area contributed by atoms with E-state index in [4.69, 9.17) is 0 Å². The van der Waals surface area contributed by atoms with E-state index in [0.29, 0.717) is 13.1 Å². The van der Waals surface area contributed by atoms with Crippen molar-refractivity contribution in [2.45, 2.75) is 18.2 Å². The second-order valence-electron chi connectivity index (χ2n) is 5.25. The van der Waals surface area contributed by atoms with Gasteiger partial charge in [0.2, 0.25) is 11.8 Å². The second kappa shape index (κ2) is 8.19. The third-order valence-corrected chi connectivity index (χ3v) is 4.47. The quantitative estimate of drug-likeness (QED) is 0.590. The van der Waals surface area contributed by atoms with Crippen molar-refractivity contribution >= 4 is 29.3 Å². The first-order chi connectivity index (χ1) is 10.7. The third kappa shape index (κ3) is 4.24. The van der Waals surface area contributed by atoms with E-state index >= 15 is 0 Å². The van der Waals surface area contributed by atoms with Gasteiger partial charge in [-0.1, -0.05) is 6.92 Å². The third-order valence-electron chi connectivity index (χ3n) is 3.73. The maximum atomic E-state index is 12.1. The predicted molar refractivity (Wildman–Crippen MR) is 90.2 cm³/mol. The highest BCUT2D eigenvalue weighted by atomic mass is 32.2. The molecule has 0 bridgehead atoms. The average Bonchev–Trinajstić information content (AvgIpc) is 2.93. The number of carbonyl (C=O) groups is 2. The number of amides is 2. The zero-order valence-electron chi connectivity index (χ0n) is 13.1. The van der Waals surface area contributed by atoms with Gasteiger partial charge in [-0.15, -0.1) is 11.8 Å². The number of hydrogen-bond acceptors (Lipinski definition) is 4. The molecule has 0 radical (unpaired) electrons. The van der Waals surface area contributed by atoms with Crippen molar-refractivity contribution in [2.24, 2.45) is 5.92 Å². The fraction of sp³-hybridized carbons (Fsp3) is 0.500. The fourth-order valence-corrected chi connectivity index (χ4v) is 2.90. The normalized spacial score (nSPS) is 17.8. The van der Waals surface area contributed by atoms with Gasteiger partial charge in [-0.3, -0.25) is 9.59 Å². The average molecular weight is 321 g/mol. The molecule has 1 unspecified atom stereocenters. The molecule has 1 aliphatic rings. The van der Waals surface area contributed by atoms with Crippen LogP contribution in [0.3, 0.4) is 0 Å². The first kappa shape index (κ1) is 16.8. The van der Waals surface area contributed by atoms with E-state index in [0.717, 1.165) is 23.7 Å². The molecule has 0 aliphatic carbocycles. The SMILES string of the molecule is CCNCCNC(=O)C1CC(=O)N(c2ccc(SC)cc2)C1. The zero-order valence-corrected chi connectivity index (χ0v) is 13.9. The molecular formula is C16H23N3O2S. The maximum absolute atomic E-state index is 12.1. The highest BCUT2D eigenvalue weighted by molar-refractivity contribution is 7.98. The minimum Gasteiger partial charge on any atom is -0.355 e.